The number of aldehydes is 1. The molecular weight excluding hydrogens is 156 g/mol. The molecule has 1 aromatic heterocycles. The van der Waals surface area contributed by atoms with Crippen molar-refractivity contribution in [3.63, 3.8) is 0 Å². The highest BCUT2D eigenvalue weighted by Crippen LogP contribution is 2.10. The fourth-order valence-electron chi connectivity index (χ4n) is 1.15. The van der Waals surface area contributed by atoms with E-state index in [-0.39, 0.29) is 6.04 Å². The molecule has 1 atom stereocenters. The van der Waals surface area contributed by atoms with Crippen molar-refractivity contribution < 1.29 is 9.21 Å². The molecule has 0 spiro atoms. The first-order valence-electron chi connectivity index (χ1n) is 3.70. The number of hydrazone groups is 1. The summed E-state index contributed by atoms with van der Waals surface area (Å²) in [4.78, 5) is 10.4. The third-order valence-corrected chi connectivity index (χ3v) is 1.80. The van der Waals surface area contributed by atoms with Crippen LogP contribution in [0.15, 0.2) is 28.1 Å². The van der Waals surface area contributed by atoms with Crippen LogP contribution in [-0.4, -0.2) is 18.0 Å². The highest BCUT2D eigenvalue weighted by molar-refractivity contribution is 6.02. The first kappa shape index (κ1) is 7.09. The number of nitrogens with zero attached hydrogens (tertiary/aromatic N) is 1. The Bertz CT molecular complexity index is 303. The average molecular weight is 164 g/mol. The van der Waals surface area contributed by atoms with E-state index < -0.39 is 0 Å². The summed E-state index contributed by atoms with van der Waals surface area (Å²) in [5.41, 5.74) is 4.54. The van der Waals surface area contributed by atoms with Crippen molar-refractivity contribution >= 4 is 12.0 Å². The van der Waals surface area contributed by atoms with Gasteiger partial charge in [0.25, 0.3) is 0 Å². The van der Waals surface area contributed by atoms with Crippen LogP contribution in [0, 0.1) is 0 Å². The lowest BCUT2D eigenvalue weighted by Gasteiger charge is -1.95. The maximum atomic E-state index is 10.4. The molecule has 0 fully saturated rings. The van der Waals surface area contributed by atoms with E-state index in [1.807, 2.05) is 6.07 Å². The summed E-state index contributed by atoms with van der Waals surface area (Å²) in [7, 11) is 0. The molecule has 0 bridgehead atoms. The van der Waals surface area contributed by atoms with Crippen molar-refractivity contribution in [3.8, 4) is 0 Å². The Morgan fingerprint density at radius 2 is 2.67 bits per heavy atom. The number of furan rings is 1. The maximum Gasteiger partial charge on any atom is 0.144 e. The van der Waals surface area contributed by atoms with E-state index in [1.165, 1.54) is 0 Å². The van der Waals surface area contributed by atoms with Gasteiger partial charge in [0, 0.05) is 12.0 Å². The predicted molar refractivity (Wildman–Crippen MR) is 42.8 cm³/mol. The van der Waals surface area contributed by atoms with Crippen LogP contribution in [0.25, 0.3) is 0 Å². The lowest BCUT2D eigenvalue weighted by Crippen LogP contribution is -2.20. The van der Waals surface area contributed by atoms with Crippen molar-refractivity contribution in [2.24, 2.45) is 5.10 Å². The molecular formula is C8H8N2O2. The van der Waals surface area contributed by atoms with Crippen molar-refractivity contribution in [2.75, 3.05) is 0 Å². The SMILES string of the molecule is O=CC1CC(c2ccoc2)=NN1. The van der Waals surface area contributed by atoms with Crippen LogP contribution in [0.3, 0.4) is 0 Å². The molecule has 4 heteroatoms. The Morgan fingerprint density at radius 1 is 1.75 bits per heavy atom. The van der Waals surface area contributed by atoms with Crippen LogP contribution in [0.1, 0.15) is 12.0 Å². The predicted octanol–water partition coefficient (Wildman–Crippen LogP) is 0.544. The van der Waals surface area contributed by atoms with Gasteiger partial charge in [-0.3, -0.25) is 5.43 Å². The van der Waals surface area contributed by atoms with Crippen LogP contribution >= 0.6 is 0 Å². The van der Waals surface area contributed by atoms with Gasteiger partial charge in [-0.25, -0.2) is 0 Å². The molecule has 0 saturated carbocycles. The van der Waals surface area contributed by atoms with Gasteiger partial charge in [-0.05, 0) is 6.07 Å². The van der Waals surface area contributed by atoms with Gasteiger partial charge in [0.1, 0.15) is 12.3 Å². The first-order chi connectivity index (χ1) is 5.90. The average Bonchev–Trinajstić information content (AvgIpc) is 2.75. The van der Waals surface area contributed by atoms with Crippen LogP contribution in [-0.2, 0) is 4.79 Å². The van der Waals surface area contributed by atoms with Gasteiger partial charge >= 0.3 is 0 Å². The van der Waals surface area contributed by atoms with E-state index in [0.717, 1.165) is 17.6 Å². The van der Waals surface area contributed by atoms with E-state index in [9.17, 15) is 4.79 Å². The summed E-state index contributed by atoms with van der Waals surface area (Å²) in [5.74, 6) is 0. The number of hydrogen-bond acceptors (Lipinski definition) is 4. The van der Waals surface area contributed by atoms with Gasteiger partial charge in [-0.2, -0.15) is 5.10 Å². The van der Waals surface area contributed by atoms with Gasteiger partial charge < -0.3 is 9.21 Å². The zero-order valence-corrected chi connectivity index (χ0v) is 6.36. The monoisotopic (exact) mass is 164 g/mol. The second-order valence-electron chi connectivity index (χ2n) is 2.65. The molecule has 2 heterocycles. The summed E-state index contributed by atoms with van der Waals surface area (Å²) in [6, 6.07) is 1.66. The van der Waals surface area contributed by atoms with Gasteiger partial charge in [-0.15, -0.1) is 0 Å². The molecule has 0 amide bonds. The minimum atomic E-state index is -0.171. The first-order valence-corrected chi connectivity index (χ1v) is 3.70. The Morgan fingerprint density at radius 3 is 3.25 bits per heavy atom. The van der Waals surface area contributed by atoms with Gasteiger partial charge in [0.05, 0.1) is 18.2 Å². The summed E-state index contributed by atoms with van der Waals surface area (Å²) in [5, 5.41) is 4.01. The van der Waals surface area contributed by atoms with Crippen molar-refractivity contribution in [3.05, 3.63) is 24.2 Å². The lowest BCUT2D eigenvalue weighted by atomic mass is 10.1. The van der Waals surface area contributed by atoms with Crippen molar-refractivity contribution in [2.45, 2.75) is 12.5 Å². The van der Waals surface area contributed by atoms with E-state index >= 15 is 0 Å². The highest BCUT2D eigenvalue weighted by atomic mass is 16.3. The highest BCUT2D eigenvalue weighted by Gasteiger charge is 2.18. The molecule has 4 nitrogen and oxygen atoms in total. The summed E-state index contributed by atoms with van der Waals surface area (Å²) in [6.07, 6.45) is 4.71. The summed E-state index contributed by atoms with van der Waals surface area (Å²) < 4.78 is 4.90. The Kier molecular flexibility index (Phi) is 1.66. The van der Waals surface area contributed by atoms with E-state index in [2.05, 4.69) is 10.5 Å². The van der Waals surface area contributed by atoms with Crippen molar-refractivity contribution in [1.82, 2.24) is 5.43 Å². The van der Waals surface area contributed by atoms with E-state index in [0.29, 0.717) is 6.42 Å². The normalized spacial score (nSPS) is 21.7. The maximum absolute atomic E-state index is 10.4. The Labute approximate surface area is 69.3 Å². The van der Waals surface area contributed by atoms with E-state index in [4.69, 9.17) is 4.42 Å². The number of rotatable bonds is 2. The molecule has 1 aliphatic rings. The molecule has 12 heavy (non-hydrogen) atoms. The Hall–Kier alpha value is -1.58. The summed E-state index contributed by atoms with van der Waals surface area (Å²) in [6.45, 7) is 0. The molecule has 1 N–H and O–H groups in total. The zero-order valence-electron chi connectivity index (χ0n) is 6.36. The fourth-order valence-corrected chi connectivity index (χ4v) is 1.15. The molecule has 0 saturated heterocycles. The number of hydrogen-bond donors (Lipinski definition) is 1. The van der Waals surface area contributed by atoms with Gasteiger partial charge in [-0.1, -0.05) is 0 Å². The smallest absolute Gasteiger partial charge is 0.144 e. The summed E-state index contributed by atoms with van der Waals surface area (Å²) >= 11 is 0. The number of carbonyl (C=O) groups is 1. The van der Waals surface area contributed by atoms with Crippen LogP contribution < -0.4 is 5.43 Å². The third kappa shape index (κ3) is 1.11. The number of carbonyl (C=O) groups excluding carboxylic acids is 1. The molecule has 0 aliphatic carbocycles. The molecule has 2 rings (SSSR count). The molecule has 62 valence electrons. The van der Waals surface area contributed by atoms with Crippen LogP contribution in [0.5, 0.6) is 0 Å². The van der Waals surface area contributed by atoms with Crippen LogP contribution in [0.4, 0.5) is 0 Å². The van der Waals surface area contributed by atoms with Gasteiger partial charge in [0.15, 0.2) is 0 Å². The molecule has 0 radical (unpaired) electrons. The standard InChI is InChI=1S/C8H8N2O2/c11-4-7-3-8(10-9-7)6-1-2-12-5-6/h1-2,4-5,7,9H,3H2. The molecule has 1 unspecified atom stereocenters. The van der Waals surface area contributed by atoms with Gasteiger partial charge in [0.2, 0.25) is 0 Å². The zero-order chi connectivity index (χ0) is 8.39. The second-order valence-corrected chi connectivity index (χ2v) is 2.65. The Balaban J connectivity index is 2.14. The van der Waals surface area contributed by atoms with Crippen LogP contribution in [0.2, 0.25) is 0 Å². The molecule has 1 aromatic rings. The van der Waals surface area contributed by atoms with E-state index in [1.54, 1.807) is 12.5 Å². The molecule has 1 aliphatic heterocycles. The second kappa shape index (κ2) is 2.81. The lowest BCUT2D eigenvalue weighted by molar-refractivity contribution is -0.109. The topological polar surface area (TPSA) is 54.6 Å². The number of nitrogens with one attached hydrogen (secondary N) is 1. The molecule has 0 aromatic carbocycles. The largest absolute Gasteiger partial charge is 0.472 e. The van der Waals surface area contributed by atoms with Crippen molar-refractivity contribution in [1.29, 1.82) is 0 Å². The quantitative estimate of drug-likeness (QED) is 0.649. The third-order valence-electron chi connectivity index (χ3n) is 1.80. The minimum absolute atomic E-state index is 0.171. The fraction of sp³-hybridized carbons (Fsp3) is 0.250. The minimum Gasteiger partial charge on any atom is -0.472 e.